The van der Waals surface area contributed by atoms with Crippen molar-refractivity contribution in [2.45, 2.75) is 32.4 Å². The fourth-order valence-electron chi connectivity index (χ4n) is 1.91. The highest BCUT2D eigenvalue weighted by Crippen LogP contribution is 2.34. The van der Waals surface area contributed by atoms with E-state index in [1.807, 2.05) is 4.68 Å². The van der Waals surface area contributed by atoms with Gasteiger partial charge in [0, 0.05) is 12.1 Å². The highest BCUT2D eigenvalue weighted by Gasteiger charge is 2.32. The summed E-state index contributed by atoms with van der Waals surface area (Å²) >= 11 is 3.43. The van der Waals surface area contributed by atoms with Gasteiger partial charge >= 0.3 is 0 Å². The third-order valence-corrected chi connectivity index (χ3v) is 3.35. The normalized spacial score (nSPS) is 14.8. The first-order valence-corrected chi connectivity index (χ1v) is 6.33. The van der Waals surface area contributed by atoms with E-state index in [-0.39, 0.29) is 0 Å². The molecule has 0 saturated heterocycles. The molecule has 2 aromatic rings. The van der Waals surface area contributed by atoms with E-state index in [1.165, 1.54) is 0 Å². The Morgan fingerprint density at radius 2 is 2.35 bits per heavy atom. The largest absolute Gasteiger partial charge is 0.472 e. The smallest absolute Gasteiger partial charge is 0.133 e. The van der Waals surface area contributed by atoms with Crippen molar-refractivity contribution in [2.75, 3.05) is 0 Å². The fraction of sp³-hybridized carbons (Fsp3) is 0.417. The number of nitrogens with zero attached hydrogens (tertiary/aromatic N) is 2. The minimum absolute atomic E-state index is 0.719. The summed E-state index contributed by atoms with van der Waals surface area (Å²) < 4.78 is 7.65. The molecule has 92 valence electrons. The molecule has 2 rings (SSSR count). The summed E-state index contributed by atoms with van der Waals surface area (Å²) in [6.07, 6.45) is 5.77. The van der Waals surface area contributed by atoms with Crippen LogP contribution < -0.4 is 0 Å². The molecular formula is C12H15BrN2O2. The number of aromatic nitrogens is 2. The van der Waals surface area contributed by atoms with Crippen LogP contribution in [0.3, 0.4) is 0 Å². The molecule has 2 heterocycles. The molecule has 4 nitrogen and oxygen atoms in total. The summed E-state index contributed by atoms with van der Waals surface area (Å²) in [6, 6.07) is 1.76. The Bertz CT molecular complexity index is 489. The predicted molar refractivity (Wildman–Crippen MR) is 67.6 cm³/mol. The molecule has 0 fully saturated rings. The summed E-state index contributed by atoms with van der Waals surface area (Å²) in [5.41, 5.74) is 0.356. The molecule has 0 aliphatic heterocycles. The van der Waals surface area contributed by atoms with E-state index in [2.05, 4.69) is 28.0 Å². The molecule has 2 aromatic heterocycles. The lowest BCUT2D eigenvalue weighted by atomic mass is 9.95. The molecule has 5 heteroatoms. The van der Waals surface area contributed by atoms with Crippen molar-refractivity contribution < 1.29 is 9.52 Å². The van der Waals surface area contributed by atoms with E-state index >= 15 is 0 Å². The van der Waals surface area contributed by atoms with Crippen molar-refractivity contribution in [3.8, 4) is 0 Å². The number of hydrogen-bond acceptors (Lipinski definition) is 3. The van der Waals surface area contributed by atoms with Gasteiger partial charge in [0.1, 0.15) is 5.60 Å². The third kappa shape index (κ3) is 2.17. The summed E-state index contributed by atoms with van der Waals surface area (Å²) in [7, 11) is 0. The summed E-state index contributed by atoms with van der Waals surface area (Å²) in [4.78, 5) is 0. The highest BCUT2D eigenvalue weighted by atomic mass is 79.9. The minimum Gasteiger partial charge on any atom is -0.472 e. The topological polar surface area (TPSA) is 51.2 Å². The van der Waals surface area contributed by atoms with Gasteiger partial charge in [-0.1, -0.05) is 6.92 Å². The van der Waals surface area contributed by atoms with Crippen LogP contribution in [-0.4, -0.2) is 14.9 Å². The average molecular weight is 299 g/mol. The zero-order valence-electron chi connectivity index (χ0n) is 9.85. The van der Waals surface area contributed by atoms with Gasteiger partial charge in [0.05, 0.1) is 28.9 Å². The van der Waals surface area contributed by atoms with Gasteiger partial charge in [0.25, 0.3) is 0 Å². The molecule has 1 unspecified atom stereocenters. The number of aryl methyl sites for hydroxylation is 1. The Labute approximate surface area is 108 Å². The lowest BCUT2D eigenvalue weighted by Crippen LogP contribution is -2.27. The third-order valence-electron chi connectivity index (χ3n) is 2.77. The van der Waals surface area contributed by atoms with Gasteiger partial charge in [-0.15, -0.1) is 0 Å². The first kappa shape index (κ1) is 12.4. The van der Waals surface area contributed by atoms with Crippen molar-refractivity contribution in [1.29, 1.82) is 0 Å². The molecular weight excluding hydrogens is 284 g/mol. The van der Waals surface area contributed by atoms with Crippen LogP contribution >= 0.6 is 15.9 Å². The molecule has 1 N–H and O–H groups in total. The van der Waals surface area contributed by atoms with Crippen LogP contribution in [0.1, 0.15) is 31.5 Å². The highest BCUT2D eigenvalue weighted by molar-refractivity contribution is 9.10. The van der Waals surface area contributed by atoms with E-state index in [0.29, 0.717) is 0 Å². The second kappa shape index (κ2) is 4.66. The maximum absolute atomic E-state index is 10.7. The minimum atomic E-state index is -1.11. The molecule has 0 radical (unpaired) electrons. The SMILES string of the molecule is CCCn1ncc(Br)c1C(C)(O)c1ccoc1. The predicted octanol–water partition coefficient (Wildman–Crippen LogP) is 2.90. The van der Waals surface area contributed by atoms with Crippen LogP contribution in [0.4, 0.5) is 0 Å². The van der Waals surface area contributed by atoms with Gasteiger partial charge in [-0.3, -0.25) is 4.68 Å². The molecule has 0 aromatic carbocycles. The van der Waals surface area contributed by atoms with Gasteiger partial charge in [0.15, 0.2) is 0 Å². The molecule has 0 amide bonds. The lowest BCUT2D eigenvalue weighted by Gasteiger charge is -2.23. The zero-order chi connectivity index (χ0) is 12.5. The molecule has 1 atom stereocenters. The maximum Gasteiger partial charge on any atom is 0.133 e. The van der Waals surface area contributed by atoms with Crippen LogP contribution in [0.15, 0.2) is 33.7 Å². The molecule has 17 heavy (non-hydrogen) atoms. The van der Waals surface area contributed by atoms with E-state index < -0.39 is 5.60 Å². The van der Waals surface area contributed by atoms with Crippen molar-refractivity contribution >= 4 is 15.9 Å². The molecule has 0 saturated carbocycles. The Hall–Kier alpha value is -1.07. The first-order chi connectivity index (χ1) is 8.07. The van der Waals surface area contributed by atoms with E-state index in [9.17, 15) is 5.11 Å². The number of halogens is 1. The van der Waals surface area contributed by atoms with Gasteiger partial charge in [-0.2, -0.15) is 5.10 Å². The second-order valence-corrected chi connectivity index (χ2v) is 5.00. The lowest BCUT2D eigenvalue weighted by molar-refractivity contribution is 0.0899. The quantitative estimate of drug-likeness (QED) is 0.944. The van der Waals surface area contributed by atoms with Crippen molar-refractivity contribution in [3.63, 3.8) is 0 Å². The Balaban J connectivity index is 2.48. The average Bonchev–Trinajstić information content (AvgIpc) is 2.88. The zero-order valence-corrected chi connectivity index (χ0v) is 11.4. The second-order valence-electron chi connectivity index (χ2n) is 4.15. The van der Waals surface area contributed by atoms with Crippen LogP contribution in [0.25, 0.3) is 0 Å². The van der Waals surface area contributed by atoms with Crippen LogP contribution in [0, 0.1) is 0 Å². The van der Waals surface area contributed by atoms with Gasteiger partial charge < -0.3 is 9.52 Å². The van der Waals surface area contributed by atoms with Crippen molar-refractivity contribution in [1.82, 2.24) is 9.78 Å². The Morgan fingerprint density at radius 1 is 1.59 bits per heavy atom. The molecule has 0 bridgehead atoms. The van der Waals surface area contributed by atoms with E-state index in [4.69, 9.17) is 4.42 Å². The monoisotopic (exact) mass is 298 g/mol. The first-order valence-electron chi connectivity index (χ1n) is 5.54. The summed E-state index contributed by atoms with van der Waals surface area (Å²) in [5, 5.41) is 14.9. The molecule has 0 aliphatic carbocycles. The van der Waals surface area contributed by atoms with Crippen LogP contribution in [0.5, 0.6) is 0 Å². The van der Waals surface area contributed by atoms with E-state index in [1.54, 1.807) is 31.7 Å². The van der Waals surface area contributed by atoms with Crippen molar-refractivity contribution in [3.05, 3.63) is 40.5 Å². The number of furan rings is 1. The number of hydrogen-bond donors (Lipinski definition) is 1. The van der Waals surface area contributed by atoms with Gasteiger partial charge in [-0.05, 0) is 35.3 Å². The summed E-state index contributed by atoms with van der Waals surface area (Å²) in [5.74, 6) is 0. The summed E-state index contributed by atoms with van der Waals surface area (Å²) in [6.45, 7) is 4.59. The Kier molecular flexibility index (Phi) is 3.40. The fourth-order valence-corrected chi connectivity index (χ4v) is 2.59. The Morgan fingerprint density at radius 3 is 2.94 bits per heavy atom. The standard InChI is InChI=1S/C12H15BrN2O2/c1-3-5-15-11(10(13)7-14-15)12(2,16)9-4-6-17-8-9/h4,6-8,16H,3,5H2,1-2H3. The number of aliphatic hydroxyl groups is 1. The van der Waals surface area contributed by atoms with E-state index in [0.717, 1.165) is 28.7 Å². The maximum atomic E-state index is 10.7. The van der Waals surface area contributed by atoms with Crippen LogP contribution in [0.2, 0.25) is 0 Å². The van der Waals surface area contributed by atoms with Gasteiger partial charge in [0.2, 0.25) is 0 Å². The van der Waals surface area contributed by atoms with Crippen molar-refractivity contribution in [2.24, 2.45) is 0 Å². The molecule has 0 spiro atoms. The van der Waals surface area contributed by atoms with Crippen LogP contribution in [-0.2, 0) is 12.1 Å². The number of rotatable bonds is 4. The molecule has 0 aliphatic rings. The van der Waals surface area contributed by atoms with Gasteiger partial charge in [-0.25, -0.2) is 0 Å².